The molecule has 1 fully saturated rings. The Bertz CT molecular complexity index is 767. The van der Waals surface area contributed by atoms with Gasteiger partial charge >= 0.3 is 6.18 Å². The first-order valence-electron chi connectivity index (χ1n) is 8.53. The number of phenols is 1. The number of halogens is 3. The molecule has 1 aliphatic rings. The van der Waals surface area contributed by atoms with Crippen molar-refractivity contribution in [2.24, 2.45) is 0 Å². The van der Waals surface area contributed by atoms with Crippen LogP contribution in [0.3, 0.4) is 0 Å². The summed E-state index contributed by atoms with van der Waals surface area (Å²) in [4.78, 5) is 8.17. The number of nitrogens with zero attached hydrogens (tertiary/aromatic N) is 3. The maximum Gasteiger partial charge on any atom is 0.417 e. The molecule has 2 aromatic rings. The molecule has 26 heavy (non-hydrogen) atoms. The van der Waals surface area contributed by atoms with E-state index in [1.54, 1.807) is 6.07 Å². The molecule has 2 heterocycles. The standard InChI is InChI=1S/C19H22F3N3O/c1-13-9-15(17(26)10-14(13)2)12-24-5-7-25(8-6-24)18-4-3-16(11-23-18)19(20,21)22/h3-4,9-11,26H,5-8,12H2,1-2H3. The second kappa shape index (κ2) is 7.15. The van der Waals surface area contributed by atoms with Gasteiger partial charge in [-0.25, -0.2) is 4.98 Å². The van der Waals surface area contributed by atoms with Crippen molar-refractivity contribution in [2.75, 3.05) is 31.1 Å². The molecular weight excluding hydrogens is 343 g/mol. The van der Waals surface area contributed by atoms with Crippen LogP contribution in [0.25, 0.3) is 0 Å². The third-order valence-electron chi connectivity index (χ3n) is 4.86. The Kier molecular flexibility index (Phi) is 5.09. The fourth-order valence-corrected chi connectivity index (χ4v) is 3.10. The van der Waals surface area contributed by atoms with Crippen molar-refractivity contribution >= 4 is 5.82 Å². The molecule has 0 unspecified atom stereocenters. The molecule has 0 aliphatic carbocycles. The minimum Gasteiger partial charge on any atom is -0.508 e. The average Bonchev–Trinajstić information content (AvgIpc) is 2.60. The van der Waals surface area contributed by atoms with Crippen LogP contribution in [0.2, 0.25) is 0 Å². The van der Waals surface area contributed by atoms with Gasteiger partial charge in [-0.2, -0.15) is 13.2 Å². The third kappa shape index (κ3) is 4.09. The second-order valence-electron chi connectivity index (χ2n) is 6.73. The van der Waals surface area contributed by atoms with Crippen molar-refractivity contribution in [3.05, 3.63) is 52.7 Å². The highest BCUT2D eigenvalue weighted by molar-refractivity contribution is 5.42. The van der Waals surface area contributed by atoms with E-state index in [4.69, 9.17) is 0 Å². The first-order valence-corrected chi connectivity index (χ1v) is 8.53. The summed E-state index contributed by atoms with van der Waals surface area (Å²) in [6.45, 7) is 7.53. The number of hydrogen-bond donors (Lipinski definition) is 1. The largest absolute Gasteiger partial charge is 0.508 e. The lowest BCUT2D eigenvalue weighted by Gasteiger charge is -2.35. The lowest BCUT2D eigenvalue weighted by atomic mass is 10.0. The van der Waals surface area contributed by atoms with Crippen LogP contribution in [0.15, 0.2) is 30.5 Å². The van der Waals surface area contributed by atoms with E-state index in [0.29, 0.717) is 31.2 Å². The van der Waals surface area contributed by atoms with Gasteiger partial charge in [0.05, 0.1) is 5.56 Å². The number of anilines is 1. The number of rotatable bonds is 3. The normalized spacial score (nSPS) is 16.1. The van der Waals surface area contributed by atoms with Gasteiger partial charge in [-0.15, -0.1) is 0 Å². The number of alkyl halides is 3. The zero-order valence-corrected chi connectivity index (χ0v) is 14.8. The van der Waals surface area contributed by atoms with Crippen molar-refractivity contribution in [1.29, 1.82) is 0 Å². The van der Waals surface area contributed by atoms with Crippen LogP contribution < -0.4 is 4.90 Å². The van der Waals surface area contributed by atoms with Gasteiger partial charge in [0.1, 0.15) is 11.6 Å². The first kappa shape index (κ1) is 18.5. The van der Waals surface area contributed by atoms with E-state index in [-0.39, 0.29) is 0 Å². The van der Waals surface area contributed by atoms with Crippen LogP contribution in [-0.2, 0) is 12.7 Å². The molecule has 0 radical (unpaired) electrons. The SMILES string of the molecule is Cc1cc(O)c(CN2CCN(c3ccc(C(F)(F)F)cn3)CC2)cc1C. The highest BCUT2D eigenvalue weighted by Gasteiger charge is 2.31. The molecule has 1 N–H and O–H groups in total. The van der Waals surface area contributed by atoms with Crippen molar-refractivity contribution in [3.8, 4) is 5.75 Å². The summed E-state index contributed by atoms with van der Waals surface area (Å²) in [7, 11) is 0. The number of pyridine rings is 1. The van der Waals surface area contributed by atoms with Gasteiger partial charge in [0, 0.05) is 44.5 Å². The predicted molar refractivity (Wildman–Crippen MR) is 94.3 cm³/mol. The van der Waals surface area contributed by atoms with E-state index in [9.17, 15) is 18.3 Å². The van der Waals surface area contributed by atoms with Gasteiger partial charge in [0.15, 0.2) is 0 Å². The zero-order valence-electron chi connectivity index (χ0n) is 14.8. The quantitative estimate of drug-likeness (QED) is 0.899. The van der Waals surface area contributed by atoms with Crippen molar-refractivity contribution in [1.82, 2.24) is 9.88 Å². The van der Waals surface area contributed by atoms with Gasteiger partial charge in [0.25, 0.3) is 0 Å². The molecule has 7 heteroatoms. The Balaban J connectivity index is 1.60. The summed E-state index contributed by atoms with van der Waals surface area (Å²) in [6, 6.07) is 6.29. The van der Waals surface area contributed by atoms with Crippen molar-refractivity contribution in [2.45, 2.75) is 26.6 Å². The molecular formula is C19H22F3N3O. The summed E-state index contributed by atoms with van der Waals surface area (Å²) in [5, 5.41) is 10.1. The maximum absolute atomic E-state index is 12.6. The molecule has 0 spiro atoms. The van der Waals surface area contributed by atoms with E-state index in [1.807, 2.05) is 24.8 Å². The van der Waals surface area contributed by atoms with Crippen LogP contribution in [0.5, 0.6) is 5.75 Å². The average molecular weight is 365 g/mol. The topological polar surface area (TPSA) is 39.6 Å². The van der Waals surface area contributed by atoms with Crippen LogP contribution >= 0.6 is 0 Å². The Hall–Kier alpha value is -2.28. The minimum atomic E-state index is -4.36. The summed E-state index contributed by atoms with van der Waals surface area (Å²) in [5.74, 6) is 0.867. The first-order chi connectivity index (χ1) is 12.2. The van der Waals surface area contributed by atoms with Gasteiger partial charge in [0.2, 0.25) is 0 Å². The zero-order chi connectivity index (χ0) is 18.9. The van der Waals surface area contributed by atoms with Gasteiger partial charge in [-0.3, -0.25) is 4.90 Å². The van der Waals surface area contributed by atoms with Crippen LogP contribution in [0.1, 0.15) is 22.3 Å². The molecule has 1 saturated heterocycles. The highest BCUT2D eigenvalue weighted by Crippen LogP contribution is 2.29. The Labute approximate surface area is 150 Å². The lowest BCUT2D eigenvalue weighted by Crippen LogP contribution is -2.46. The second-order valence-corrected chi connectivity index (χ2v) is 6.73. The fraction of sp³-hybridized carbons (Fsp3) is 0.421. The molecule has 1 aromatic carbocycles. The number of aryl methyl sites for hydroxylation is 2. The maximum atomic E-state index is 12.6. The van der Waals surface area contributed by atoms with Crippen LogP contribution in [-0.4, -0.2) is 41.2 Å². The Morgan fingerprint density at radius 1 is 1.04 bits per heavy atom. The Morgan fingerprint density at radius 3 is 2.27 bits per heavy atom. The van der Waals surface area contributed by atoms with E-state index in [2.05, 4.69) is 9.88 Å². The van der Waals surface area contributed by atoms with E-state index < -0.39 is 11.7 Å². The molecule has 1 aromatic heterocycles. The number of aromatic hydroxyl groups is 1. The van der Waals surface area contributed by atoms with Gasteiger partial charge in [-0.1, -0.05) is 6.07 Å². The predicted octanol–water partition coefficient (Wildman–Crippen LogP) is 3.75. The number of aromatic nitrogens is 1. The summed E-state index contributed by atoms with van der Waals surface area (Å²) < 4.78 is 37.9. The molecule has 0 bridgehead atoms. The summed E-state index contributed by atoms with van der Waals surface area (Å²) in [6.07, 6.45) is -3.48. The van der Waals surface area contributed by atoms with Crippen LogP contribution in [0, 0.1) is 13.8 Å². The van der Waals surface area contributed by atoms with E-state index >= 15 is 0 Å². The van der Waals surface area contributed by atoms with Gasteiger partial charge in [-0.05, 0) is 43.2 Å². The number of phenolic OH excluding ortho intramolecular Hbond substituents is 1. The number of hydrogen-bond acceptors (Lipinski definition) is 4. The molecule has 1 aliphatic heterocycles. The molecule has 4 nitrogen and oxygen atoms in total. The van der Waals surface area contributed by atoms with E-state index in [0.717, 1.165) is 42.0 Å². The molecule has 140 valence electrons. The monoisotopic (exact) mass is 365 g/mol. The molecule has 0 atom stereocenters. The lowest BCUT2D eigenvalue weighted by molar-refractivity contribution is -0.137. The van der Waals surface area contributed by atoms with Crippen molar-refractivity contribution in [3.63, 3.8) is 0 Å². The Morgan fingerprint density at radius 2 is 1.69 bits per heavy atom. The summed E-state index contributed by atoms with van der Waals surface area (Å²) >= 11 is 0. The highest BCUT2D eigenvalue weighted by atomic mass is 19.4. The number of piperazine rings is 1. The van der Waals surface area contributed by atoms with Crippen molar-refractivity contribution < 1.29 is 18.3 Å². The number of benzene rings is 1. The molecule has 3 rings (SSSR count). The third-order valence-corrected chi connectivity index (χ3v) is 4.86. The summed E-state index contributed by atoms with van der Waals surface area (Å²) in [5.41, 5.74) is 2.37. The smallest absolute Gasteiger partial charge is 0.417 e. The van der Waals surface area contributed by atoms with E-state index in [1.165, 1.54) is 6.07 Å². The fourth-order valence-electron chi connectivity index (χ4n) is 3.10. The molecule has 0 saturated carbocycles. The van der Waals surface area contributed by atoms with Crippen LogP contribution in [0.4, 0.5) is 19.0 Å². The molecule has 0 amide bonds. The minimum absolute atomic E-state index is 0.305. The van der Waals surface area contributed by atoms with Gasteiger partial charge < -0.3 is 10.0 Å².